The molecule has 0 aliphatic heterocycles. The van der Waals surface area contributed by atoms with Gasteiger partial charge in [0.05, 0.1) is 6.20 Å². The first-order valence-corrected chi connectivity index (χ1v) is 4.89. The van der Waals surface area contributed by atoms with E-state index in [2.05, 4.69) is 10.2 Å². The molecule has 16 heavy (non-hydrogen) atoms. The first kappa shape index (κ1) is 10.7. The lowest BCUT2D eigenvalue weighted by molar-refractivity contribution is 0.218. The van der Waals surface area contributed by atoms with Gasteiger partial charge in [0.2, 0.25) is 0 Å². The molecule has 3 nitrogen and oxygen atoms in total. The van der Waals surface area contributed by atoms with Crippen molar-refractivity contribution in [2.75, 3.05) is 0 Å². The van der Waals surface area contributed by atoms with E-state index in [1.165, 1.54) is 24.5 Å². The van der Waals surface area contributed by atoms with Crippen LogP contribution in [-0.2, 0) is 0 Å². The zero-order chi connectivity index (χ0) is 11.5. The van der Waals surface area contributed by atoms with Gasteiger partial charge in [0, 0.05) is 11.8 Å². The number of hydrogen-bond acceptors (Lipinski definition) is 3. The quantitative estimate of drug-likeness (QED) is 0.838. The zero-order valence-corrected chi connectivity index (χ0v) is 8.76. The number of aromatic nitrogens is 2. The summed E-state index contributed by atoms with van der Waals surface area (Å²) in [6.07, 6.45) is 2.09. The molecule has 0 saturated heterocycles. The minimum Gasteiger partial charge on any atom is -0.384 e. The molecule has 0 bridgehead atoms. The van der Waals surface area contributed by atoms with Gasteiger partial charge in [-0.15, -0.1) is 0 Å². The predicted molar refractivity (Wildman–Crippen MR) is 57.2 cm³/mol. The van der Waals surface area contributed by atoms with E-state index in [1.54, 1.807) is 12.1 Å². The first-order chi connectivity index (χ1) is 7.68. The number of aryl methyl sites for hydroxylation is 1. The lowest BCUT2D eigenvalue weighted by atomic mass is 9.99. The number of benzene rings is 1. The Bertz CT molecular complexity index is 488. The summed E-state index contributed by atoms with van der Waals surface area (Å²) in [5.74, 6) is -0.360. The molecule has 0 amide bonds. The van der Waals surface area contributed by atoms with Crippen LogP contribution in [0.5, 0.6) is 0 Å². The van der Waals surface area contributed by atoms with Crippen molar-refractivity contribution in [3.05, 3.63) is 59.2 Å². The molecule has 82 valence electrons. The number of nitrogens with zero attached hydrogens (tertiary/aromatic N) is 2. The summed E-state index contributed by atoms with van der Waals surface area (Å²) in [5.41, 5.74) is 1.99. The van der Waals surface area contributed by atoms with Crippen LogP contribution in [0, 0.1) is 12.7 Å². The zero-order valence-electron chi connectivity index (χ0n) is 8.76. The average Bonchev–Trinajstić information content (AvgIpc) is 2.32. The minimum absolute atomic E-state index is 0.360. The SMILES string of the molecule is Cc1ccc(F)cc1C(O)c1ccnnc1. The van der Waals surface area contributed by atoms with Crippen molar-refractivity contribution >= 4 is 0 Å². The summed E-state index contributed by atoms with van der Waals surface area (Å²) >= 11 is 0. The van der Waals surface area contributed by atoms with Crippen molar-refractivity contribution in [2.24, 2.45) is 0 Å². The van der Waals surface area contributed by atoms with E-state index < -0.39 is 6.10 Å². The predicted octanol–water partition coefficient (Wildman–Crippen LogP) is 2.01. The molecule has 1 aromatic heterocycles. The van der Waals surface area contributed by atoms with Crippen molar-refractivity contribution in [3.63, 3.8) is 0 Å². The molecule has 0 spiro atoms. The van der Waals surface area contributed by atoms with Crippen molar-refractivity contribution in [1.29, 1.82) is 0 Å². The van der Waals surface area contributed by atoms with Gasteiger partial charge in [-0.1, -0.05) is 6.07 Å². The number of hydrogen-bond donors (Lipinski definition) is 1. The fourth-order valence-electron chi connectivity index (χ4n) is 1.55. The Balaban J connectivity index is 2.41. The van der Waals surface area contributed by atoms with Crippen molar-refractivity contribution in [1.82, 2.24) is 10.2 Å². The van der Waals surface area contributed by atoms with Gasteiger partial charge in [-0.05, 0) is 36.2 Å². The van der Waals surface area contributed by atoms with Gasteiger partial charge in [-0.3, -0.25) is 0 Å². The third-order valence-corrected chi connectivity index (χ3v) is 2.46. The van der Waals surface area contributed by atoms with E-state index in [9.17, 15) is 9.50 Å². The van der Waals surface area contributed by atoms with Gasteiger partial charge >= 0.3 is 0 Å². The number of rotatable bonds is 2. The molecule has 1 aromatic carbocycles. The van der Waals surface area contributed by atoms with Crippen molar-refractivity contribution < 1.29 is 9.50 Å². The summed E-state index contributed by atoms with van der Waals surface area (Å²) in [6.45, 7) is 1.83. The second-order valence-corrected chi connectivity index (χ2v) is 3.58. The maximum Gasteiger partial charge on any atom is 0.123 e. The third-order valence-electron chi connectivity index (χ3n) is 2.46. The molecule has 1 atom stereocenters. The molecule has 0 saturated carbocycles. The molecule has 4 heteroatoms. The van der Waals surface area contributed by atoms with Gasteiger partial charge in [-0.2, -0.15) is 10.2 Å². The van der Waals surface area contributed by atoms with Crippen LogP contribution in [0.15, 0.2) is 36.7 Å². The van der Waals surface area contributed by atoms with Crippen LogP contribution in [0.2, 0.25) is 0 Å². The average molecular weight is 218 g/mol. The summed E-state index contributed by atoms with van der Waals surface area (Å²) in [5, 5.41) is 17.4. The molecular formula is C12H11FN2O. The van der Waals surface area contributed by atoms with E-state index in [0.717, 1.165) is 5.56 Å². The maximum absolute atomic E-state index is 13.1. The molecule has 0 radical (unpaired) electrons. The first-order valence-electron chi connectivity index (χ1n) is 4.89. The molecule has 1 N–H and O–H groups in total. The Morgan fingerprint density at radius 3 is 2.75 bits per heavy atom. The van der Waals surface area contributed by atoms with Crippen LogP contribution >= 0.6 is 0 Å². The summed E-state index contributed by atoms with van der Waals surface area (Å²) in [4.78, 5) is 0. The summed E-state index contributed by atoms with van der Waals surface area (Å²) in [6, 6.07) is 6.00. The highest BCUT2D eigenvalue weighted by Gasteiger charge is 2.13. The van der Waals surface area contributed by atoms with Crippen LogP contribution in [0.1, 0.15) is 22.8 Å². The monoisotopic (exact) mass is 218 g/mol. The number of halogens is 1. The van der Waals surface area contributed by atoms with E-state index in [-0.39, 0.29) is 5.82 Å². The second kappa shape index (κ2) is 4.37. The molecule has 2 aromatic rings. The summed E-state index contributed by atoms with van der Waals surface area (Å²) in [7, 11) is 0. The molecule has 0 fully saturated rings. The highest BCUT2D eigenvalue weighted by Crippen LogP contribution is 2.24. The van der Waals surface area contributed by atoms with Gasteiger partial charge in [0.1, 0.15) is 11.9 Å². The molecule has 0 aliphatic rings. The highest BCUT2D eigenvalue weighted by molar-refractivity contribution is 5.34. The standard InChI is InChI=1S/C12H11FN2O/c1-8-2-3-10(13)6-11(8)12(16)9-4-5-14-15-7-9/h2-7,12,16H,1H3. The number of aliphatic hydroxyl groups excluding tert-OH is 1. The molecule has 0 aliphatic carbocycles. The fourth-order valence-corrected chi connectivity index (χ4v) is 1.55. The molecule has 2 rings (SSSR count). The fraction of sp³-hybridized carbons (Fsp3) is 0.167. The Hall–Kier alpha value is -1.81. The minimum atomic E-state index is -0.869. The lowest BCUT2D eigenvalue weighted by Crippen LogP contribution is -2.03. The van der Waals surface area contributed by atoms with Crippen LogP contribution in [0.4, 0.5) is 4.39 Å². The lowest BCUT2D eigenvalue weighted by Gasteiger charge is -2.13. The Labute approximate surface area is 92.6 Å². The second-order valence-electron chi connectivity index (χ2n) is 3.58. The van der Waals surface area contributed by atoms with Gasteiger partial charge in [0.25, 0.3) is 0 Å². The van der Waals surface area contributed by atoms with Crippen LogP contribution < -0.4 is 0 Å². The van der Waals surface area contributed by atoms with Gasteiger partial charge in [0.15, 0.2) is 0 Å². The maximum atomic E-state index is 13.1. The van der Waals surface area contributed by atoms with Crippen LogP contribution in [0.25, 0.3) is 0 Å². The molecule has 1 unspecified atom stereocenters. The Morgan fingerprint density at radius 1 is 1.25 bits per heavy atom. The Kier molecular flexibility index (Phi) is 2.92. The normalized spacial score (nSPS) is 12.4. The van der Waals surface area contributed by atoms with Crippen LogP contribution in [-0.4, -0.2) is 15.3 Å². The highest BCUT2D eigenvalue weighted by atomic mass is 19.1. The number of aliphatic hydroxyl groups is 1. The third kappa shape index (κ3) is 2.06. The molecule has 1 heterocycles. The Morgan fingerprint density at radius 2 is 2.06 bits per heavy atom. The van der Waals surface area contributed by atoms with Crippen molar-refractivity contribution in [2.45, 2.75) is 13.0 Å². The van der Waals surface area contributed by atoms with E-state index in [0.29, 0.717) is 11.1 Å². The van der Waals surface area contributed by atoms with Gasteiger partial charge < -0.3 is 5.11 Å². The van der Waals surface area contributed by atoms with Crippen molar-refractivity contribution in [3.8, 4) is 0 Å². The van der Waals surface area contributed by atoms with Crippen LogP contribution in [0.3, 0.4) is 0 Å². The van der Waals surface area contributed by atoms with Gasteiger partial charge in [-0.25, -0.2) is 4.39 Å². The van der Waals surface area contributed by atoms with E-state index >= 15 is 0 Å². The topological polar surface area (TPSA) is 46.0 Å². The summed E-state index contributed by atoms with van der Waals surface area (Å²) < 4.78 is 13.1. The largest absolute Gasteiger partial charge is 0.384 e. The molecular weight excluding hydrogens is 207 g/mol. The smallest absolute Gasteiger partial charge is 0.123 e. The van der Waals surface area contributed by atoms with E-state index in [1.807, 2.05) is 6.92 Å². The van der Waals surface area contributed by atoms with E-state index in [4.69, 9.17) is 0 Å².